The van der Waals surface area contributed by atoms with Gasteiger partial charge in [-0.05, 0) is 71.8 Å². The fourth-order valence-electron chi connectivity index (χ4n) is 5.63. The van der Waals surface area contributed by atoms with Crippen molar-refractivity contribution in [3.8, 4) is 17.0 Å². The van der Waals surface area contributed by atoms with E-state index in [2.05, 4.69) is 37.3 Å². The Kier molecular flexibility index (Phi) is 6.60. The van der Waals surface area contributed by atoms with E-state index in [9.17, 15) is 9.90 Å². The molecule has 6 rings (SSSR count). The fourth-order valence-corrected chi connectivity index (χ4v) is 5.63. The van der Waals surface area contributed by atoms with Crippen molar-refractivity contribution in [2.45, 2.75) is 51.2 Å². The summed E-state index contributed by atoms with van der Waals surface area (Å²) in [5.74, 6) is 0.796. The van der Waals surface area contributed by atoms with Crippen molar-refractivity contribution >= 4 is 16.9 Å². The van der Waals surface area contributed by atoms with Crippen molar-refractivity contribution in [1.82, 2.24) is 25.2 Å². The molecule has 8 heteroatoms. The van der Waals surface area contributed by atoms with E-state index in [0.29, 0.717) is 24.9 Å². The Bertz CT molecular complexity index is 1540. The quantitative estimate of drug-likeness (QED) is 0.259. The third kappa shape index (κ3) is 4.77. The number of aromatic carboxylic acids is 1. The third-order valence-corrected chi connectivity index (χ3v) is 7.43. The van der Waals surface area contributed by atoms with Gasteiger partial charge < -0.3 is 14.4 Å². The molecule has 0 bridgehead atoms. The van der Waals surface area contributed by atoms with Crippen molar-refractivity contribution in [2.24, 2.45) is 0 Å². The minimum Gasteiger partial charge on any atom is -0.489 e. The zero-order chi connectivity index (χ0) is 25.9. The van der Waals surface area contributed by atoms with Crippen LogP contribution in [0.25, 0.3) is 22.2 Å². The Morgan fingerprint density at radius 1 is 1.00 bits per heavy atom. The van der Waals surface area contributed by atoms with Crippen molar-refractivity contribution in [3.05, 3.63) is 95.3 Å². The van der Waals surface area contributed by atoms with Crippen LogP contribution in [0, 0.1) is 0 Å². The van der Waals surface area contributed by atoms with Crippen LogP contribution < -0.4 is 4.74 Å². The Morgan fingerprint density at radius 3 is 2.50 bits per heavy atom. The first-order chi connectivity index (χ1) is 18.7. The number of hydrogen-bond acceptors (Lipinski definition) is 5. The monoisotopic (exact) mass is 507 g/mol. The van der Waals surface area contributed by atoms with Gasteiger partial charge in [-0.25, -0.2) is 4.79 Å². The zero-order valence-corrected chi connectivity index (χ0v) is 21.0. The molecule has 0 spiro atoms. The number of tetrazole rings is 1. The predicted molar refractivity (Wildman–Crippen MR) is 144 cm³/mol. The number of hydrogen-bond donors (Lipinski definition) is 2. The molecule has 192 valence electrons. The summed E-state index contributed by atoms with van der Waals surface area (Å²) in [6.07, 6.45) is 5.88. The van der Waals surface area contributed by atoms with Crippen molar-refractivity contribution < 1.29 is 14.6 Å². The molecule has 0 radical (unpaired) electrons. The average Bonchev–Trinajstić information content (AvgIpc) is 3.59. The normalized spacial score (nSPS) is 14.1. The molecule has 0 amide bonds. The van der Waals surface area contributed by atoms with Gasteiger partial charge in [0.2, 0.25) is 0 Å². The highest BCUT2D eigenvalue weighted by atomic mass is 16.5. The van der Waals surface area contributed by atoms with Gasteiger partial charge in [0, 0.05) is 5.39 Å². The second-order valence-corrected chi connectivity index (χ2v) is 9.85. The summed E-state index contributed by atoms with van der Waals surface area (Å²) >= 11 is 0. The lowest BCUT2D eigenvalue weighted by Crippen LogP contribution is -2.08. The number of benzene rings is 3. The minimum absolute atomic E-state index is 0.260. The highest BCUT2D eigenvalue weighted by Gasteiger charge is 2.27. The summed E-state index contributed by atoms with van der Waals surface area (Å²) in [6, 6.07) is 23.7. The number of aromatic amines is 1. The molecule has 8 nitrogen and oxygen atoms in total. The number of rotatable bonds is 8. The SMILES string of the molecule is O=C(O)c1ccc2c(C3CCCCC3)c(-c3ccc(OCc4ccccc4)cc3)n(Cc3nn[nH]n3)c2c1. The molecule has 1 fully saturated rings. The molecule has 0 atom stereocenters. The van der Waals surface area contributed by atoms with E-state index >= 15 is 0 Å². The molecule has 0 aliphatic heterocycles. The van der Waals surface area contributed by atoms with Crippen LogP contribution in [-0.4, -0.2) is 36.3 Å². The maximum absolute atomic E-state index is 11.9. The summed E-state index contributed by atoms with van der Waals surface area (Å²) in [5, 5.41) is 25.5. The first-order valence-corrected chi connectivity index (χ1v) is 13.1. The molecule has 1 saturated carbocycles. The summed E-state index contributed by atoms with van der Waals surface area (Å²) in [5.41, 5.74) is 5.65. The Morgan fingerprint density at radius 2 is 1.79 bits per heavy atom. The highest BCUT2D eigenvalue weighted by Crippen LogP contribution is 2.44. The van der Waals surface area contributed by atoms with Crippen LogP contribution in [0.2, 0.25) is 0 Å². The number of H-pyrrole nitrogens is 1. The van der Waals surface area contributed by atoms with Gasteiger partial charge in [-0.1, -0.05) is 60.9 Å². The van der Waals surface area contributed by atoms with Crippen molar-refractivity contribution in [1.29, 1.82) is 0 Å². The van der Waals surface area contributed by atoms with Gasteiger partial charge in [0.15, 0.2) is 5.82 Å². The van der Waals surface area contributed by atoms with Crippen LogP contribution >= 0.6 is 0 Å². The maximum atomic E-state index is 11.9. The van der Waals surface area contributed by atoms with E-state index in [1.54, 1.807) is 12.1 Å². The molecule has 38 heavy (non-hydrogen) atoms. The second kappa shape index (κ2) is 10.5. The Hall–Kier alpha value is -4.46. The predicted octanol–water partition coefficient (Wildman–Crippen LogP) is 6.19. The molecular formula is C30H29N5O3. The van der Waals surface area contributed by atoms with Crippen LogP contribution in [0.5, 0.6) is 5.75 Å². The van der Waals surface area contributed by atoms with Crippen LogP contribution in [0.4, 0.5) is 0 Å². The zero-order valence-electron chi connectivity index (χ0n) is 21.0. The molecule has 5 aromatic rings. The maximum Gasteiger partial charge on any atom is 0.335 e. The first kappa shape index (κ1) is 23.9. The number of ether oxygens (including phenoxy) is 1. The van der Waals surface area contributed by atoms with Gasteiger partial charge in [-0.15, -0.1) is 10.2 Å². The van der Waals surface area contributed by atoms with Crippen molar-refractivity contribution in [2.75, 3.05) is 0 Å². The number of nitrogens with one attached hydrogen (secondary N) is 1. The topological polar surface area (TPSA) is 106 Å². The second-order valence-electron chi connectivity index (χ2n) is 9.85. The fraction of sp³-hybridized carbons (Fsp3) is 0.267. The van der Waals surface area contributed by atoms with E-state index < -0.39 is 5.97 Å². The number of nitrogens with zero attached hydrogens (tertiary/aromatic N) is 4. The minimum atomic E-state index is -0.945. The van der Waals surface area contributed by atoms with Gasteiger partial charge >= 0.3 is 5.97 Å². The molecule has 2 heterocycles. The summed E-state index contributed by atoms with van der Waals surface area (Å²) in [4.78, 5) is 11.9. The van der Waals surface area contributed by atoms with Crippen molar-refractivity contribution in [3.63, 3.8) is 0 Å². The highest BCUT2D eigenvalue weighted by molar-refractivity contribution is 5.98. The van der Waals surface area contributed by atoms with Crippen LogP contribution in [0.3, 0.4) is 0 Å². The lowest BCUT2D eigenvalue weighted by atomic mass is 9.82. The number of carboxylic acids is 1. The van der Waals surface area contributed by atoms with Crippen LogP contribution in [-0.2, 0) is 13.2 Å². The van der Waals surface area contributed by atoms with E-state index in [-0.39, 0.29) is 5.56 Å². The molecule has 2 aromatic heterocycles. The third-order valence-electron chi connectivity index (χ3n) is 7.43. The van der Waals surface area contributed by atoms with Gasteiger partial charge in [0.25, 0.3) is 0 Å². The van der Waals surface area contributed by atoms with E-state index in [1.807, 2.05) is 48.5 Å². The first-order valence-electron chi connectivity index (χ1n) is 13.1. The number of fused-ring (bicyclic) bond motifs is 1. The van der Waals surface area contributed by atoms with Gasteiger partial charge in [-0.2, -0.15) is 5.21 Å². The summed E-state index contributed by atoms with van der Waals surface area (Å²) < 4.78 is 8.19. The van der Waals surface area contributed by atoms with E-state index in [0.717, 1.165) is 46.3 Å². The number of aromatic nitrogens is 5. The molecule has 0 saturated heterocycles. The molecular weight excluding hydrogens is 478 g/mol. The molecule has 3 aromatic carbocycles. The standard InChI is InChI=1S/C30H29N5O3/c36-30(37)23-13-16-25-26(17-23)35(18-27-31-33-34-32-27)29(28(25)21-9-5-2-6-10-21)22-11-14-24(15-12-22)38-19-20-7-3-1-4-8-20/h1,3-4,7-8,11-17,21H,2,5-6,9-10,18-19H2,(H,36,37)(H,31,32,33,34). The number of carbonyl (C=O) groups is 1. The number of carboxylic acid groups (broad SMARTS) is 1. The average molecular weight is 508 g/mol. The van der Waals surface area contributed by atoms with Gasteiger partial charge in [-0.3, -0.25) is 0 Å². The smallest absolute Gasteiger partial charge is 0.335 e. The lowest BCUT2D eigenvalue weighted by molar-refractivity contribution is 0.0697. The lowest BCUT2D eigenvalue weighted by Gasteiger charge is -2.23. The molecule has 0 unspecified atom stereocenters. The Balaban J connectivity index is 1.46. The van der Waals surface area contributed by atoms with Gasteiger partial charge in [0.05, 0.1) is 23.3 Å². The van der Waals surface area contributed by atoms with Crippen LogP contribution in [0.15, 0.2) is 72.8 Å². The molecule has 1 aliphatic rings. The summed E-state index contributed by atoms with van der Waals surface area (Å²) in [7, 11) is 0. The van der Waals surface area contributed by atoms with Crippen LogP contribution in [0.1, 0.15) is 65.3 Å². The van der Waals surface area contributed by atoms with E-state index in [4.69, 9.17) is 4.74 Å². The summed E-state index contributed by atoms with van der Waals surface area (Å²) in [6.45, 7) is 0.883. The molecule has 2 N–H and O–H groups in total. The van der Waals surface area contributed by atoms with Gasteiger partial charge in [0.1, 0.15) is 12.4 Å². The largest absolute Gasteiger partial charge is 0.489 e. The van der Waals surface area contributed by atoms with E-state index in [1.165, 1.54) is 24.8 Å². The Labute approximate surface area is 220 Å². The molecule has 1 aliphatic carbocycles.